The Bertz CT molecular complexity index is 448. The summed E-state index contributed by atoms with van der Waals surface area (Å²) in [5.41, 5.74) is 0.131. The number of nitrogens with zero attached hydrogens (tertiary/aromatic N) is 1. The predicted octanol–water partition coefficient (Wildman–Crippen LogP) is 1.64. The molecule has 92 valence electrons. The zero-order valence-corrected chi connectivity index (χ0v) is 10.5. The fourth-order valence-electron chi connectivity index (χ4n) is 1.71. The standard InChI is InChI=1S/C11H13NO4S/c1-6(13)9-8(11(14)15-2)12-10(17-9)7-3-4-16-5-7/h7H,3-5H2,1-2H3. The SMILES string of the molecule is COC(=O)c1nc(C2CCOC2)sc1C(C)=O. The van der Waals surface area contributed by atoms with Gasteiger partial charge in [-0.05, 0) is 6.42 Å². The molecule has 6 heteroatoms. The van der Waals surface area contributed by atoms with Gasteiger partial charge in [0.15, 0.2) is 11.5 Å². The van der Waals surface area contributed by atoms with Crippen molar-refractivity contribution in [3.8, 4) is 0 Å². The third-order valence-electron chi connectivity index (χ3n) is 2.62. The van der Waals surface area contributed by atoms with Crippen molar-refractivity contribution in [2.75, 3.05) is 20.3 Å². The molecule has 0 bridgehead atoms. The summed E-state index contributed by atoms with van der Waals surface area (Å²) < 4.78 is 9.90. The Hall–Kier alpha value is -1.27. The molecule has 0 saturated carbocycles. The lowest BCUT2D eigenvalue weighted by molar-refractivity contribution is 0.0591. The van der Waals surface area contributed by atoms with Crippen LogP contribution in [-0.4, -0.2) is 37.1 Å². The van der Waals surface area contributed by atoms with Crippen molar-refractivity contribution in [2.45, 2.75) is 19.3 Å². The highest BCUT2D eigenvalue weighted by Crippen LogP contribution is 2.31. The minimum Gasteiger partial charge on any atom is -0.464 e. The number of carbonyl (C=O) groups is 2. The van der Waals surface area contributed by atoms with Crippen molar-refractivity contribution in [3.05, 3.63) is 15.6 Å². The van der Waals surface area contributed by atoms with Gasteiger partial charge < -0.3 is 9.47 Å². The van der Waals surface area contributed by atoms with Gasteiger partial charge in [0.25, 0.3) is 0 Å². The Morgan fingerprint density at radius 1 is 1.53 bits per heavy atom. The summed E-state index contributed by atoms with van der Waals surface area (Å²) in [6.45, 7) is 2.73. The minimum atomic E-state index is -0.559. The minimum absolute atomic E-state index is 0.131. The van der Waals surface area contributed by atoms with Crippen molar-refractivity contribution < 1.29 is 19.1 Å². The van der Waals surface area contributed by atoms with Crippen LogP contribution in [0.3, 0.4) is 0 Å². The Morgan fingerprint density at radius 2 is 2.29 bits per heavy atom. The third kappa shape index (κ3) is 2.37. The van der Waals surface area contributed by atoms with Crippen molar-refractivity contribution in [1.82, 2.24) is 4.98 Å². The van der Waals surface area contributed by atoms with Gasteiger partial charge in [-0.3, -0.25) is 4.79 Å². The van der Waals surface area contributed by atoms with Gasteiger partial charge >= 0.3 is 5.97 Å². The highest BCUT2D eigenvalue weighted by Gasteiger charge is 2.27. The molecular formula is C11H13NO4S. The number of aromatic nitrogens is 1. The van der Waals surface area contributed by atoms with Crippen LogP contribution in [0.1, 0.15) is 44.4 Å². The molecule has 2 rings (SSSR count). The lowest BCUT2D eigenvalue weighted by Gasteiger charge is -2.00. The number of hydrogen-bond donors (Lipinski definition) is 0. The molecule has 0 spiro atoms. The Morgan fingerprint density at radius 3 is 2.82 bits per heavy atom. The van der Waals surface area contributed by atoms with Crippen LogP contribution in [0.2, 0.25) is 0 Å². The molecule has 1 saturated heterocycles. The molecule has 1 aromatic rings. The Labute approximate surface area is 103 Å². The molecular weight excluding hydrogens is 242 g/mol. The third-order valence-corrected chi connectivity index (χ3v) is 3.94. The Balaban J connectivity index is 2.36. The van der Waals surface area contributed by atoms with E-state index in [1.807, 2.05) is 0 Å². The summed E-state index contributed by atoms with van der Waals surface area (Å²) in [5, 5.41) is 0.785. The zero-order chi connectivity index (χ0) is 12.4. The summed E-state index contributed by atoms with van der Waals surface area (Å²) >= 11 is 1.27. The van der Waals surface area contributed by atoms with E-state index in [0.717, 1.165) is 11.4 Å². The van der Waals surface area contributed by atoms with Gasteiger partial charge in [0.05, 0.1) is 18.7 Å². The van der Waals surface area contributed by atoms with Gasteiger partial charge in [0, 0.05) is 19.4 Å². The summed E-state index contributed by atoms with van der Waals surface area (Å²) in [7, 11) is 1.28. The van der Waals surface area contributed by atoms with Crippen LogP contribution in [-0.2, 0) is 9.47 Å². The van der Waals surface area contributed by atoms with Crippen LogP contribution in [0.15, 0.2) is 0 Å². The number of thiazole rings is 1. The fourth-order valence-corrected chi connectivity index (χ4v) is 2.78. The second-order valence-electron chi connectivity index (χ2n) is 3.84. The molecule has 1 aliphatic rings. The molecule has 1 fully saturated rings. The van der Waals surface area contributed by atoms with Gasteiger partial charge in [0.1, 0.15) is 4.88 Å². The van der Waals surface area contributed by atoms with E-state index < -0.39 is 5.97 Å². The number of carbonyl (C=O) groups excluding carboxylic acids is 2. The zero-order valence-electron chi connectivity index (χ0n) is 9.69. The first-order valence-electron chi connectivity index (χ1n) is 5.31. The number of ketones is 1. The van der Waals surface area contributed by atoms with Crippen molar-refractivity contribution in [1.29, 1.82) is 0 Å². The van der Waals surface area contributed by atoms with Crippen LogP contribution in [0.5, 0.6) is 0 Å². The van der Waals surface area contributed by atoms with Gasteiger partial charge in [-0.15, -0.1) is 11.3 Å². The van der Waals surface area contributed by atoms with E-state index in [0.29, 0.717) is 18.1 Å². The molecule has 2 heterocycles. The number of hydrogen-bond acceptors (Lipinski definition) is 6. The van der Waals surface area contributed by atoms with Gasteiger partial charge in [0.2, 0.25) is 0 Å². The van der Waals surface area contributed by atoms with Gasteiger partial charge in [-0.25, -0.2) is 9.78 Å². The van der Waals surface area contributed by atoms with E-state index in [-0.39, 0.29) is 17.4 Å². The van der Waals surface area contributed by atoms with E-state index in [9.17, 15) is 9.59 Å². The second-order valence-corrected chi connectivity index (χ2v) is 4.87. The molecule has 0 amide bonds. The second kappa shape index (κ2) is 4.93. The van der Waals surface area contributed by atoms with Crippen LogP contribution in [0.25, 0.3) is 0 Å². The van der Waals surface area contributed by atoms with E-state index in [1.165, 1.54) is 25.4 Å². The van der Waals surface area contributed by atoms with E-state index in [2.05, 4.69) is 9.72 Å². The summed E-state index contributed by atoms with van der Waals surface area (Å²) in [6.07, 6.45) is 0.880. The number of ether oxygens (including phenoxy) is 2. The molecule has 1 aromatic heterocycles. The highest BCUT2D eigenvalue weighted by atomic mass is 32.1. The first-order valence-corrected chi connectivity index (χ1v) is 6.13. The van der Waals surface area contributed by atoms with E-state index in [4.69, 9.17) is 4.74 Å². The molecule has 5 nitrogen and oxygen atoms in total. The van der Waals surface area contributed by atoms with Crippen molar-refractivity contribution in [2.24, 2.45) is 0 Å². The maximum Gasteiger partial charge on any atom is 0.358 e. The molecule has 0 N–H and O–H groups in total. The van der Waals surface area contributed by atoms with E-state index >= 15 is 0 Å². The maximum absolute atomic E-state index is 11.5. The predicted molar refractivity (Wildman–Crippen MR) is 61.6 cm³/mol. The first kappa shape index (κ1) is 12.2. The Kier molecular flexibility index (Phi) is 3.54. The molecule has 1 aliphatic heterocycles. The van der Waals surface area contributed by atoms with Gasteiger partial charge in [-0.1, -0.05) is 0 Å². The maximum atomic E-state index is 11.5. The molecule has 0 aromatic carbocycles. The molecule has 0 aliphatic carbocycles. The number of Topliss-reactive ketones (excluding diaryl/α,β-unsaturated/α-hetero) is 1. The topological polar surface area (TPSA) is 65.5 Å². The summed E-state index contributed by atoms with van der Waals surface area (Å²) in [5.74, 6) is -0.527. The molecule has 0 radical (unpaired) electrons. The summed E-state index contributed by atoms with van der Waals surface area (Å²) in [4.78, 5) is 27.6. The first-order chi connectivity index (χ1) is 8.13. The highest BCUT2D eigenvalue weighted by molar-refractivity contribution is 7.14. The van der Waals surface area contributed by atoms with Gasteiger partial charge in [-0.2, -0.15) is 0 Å². The largest absolute Gasteiger partial charge is 0.464 e. The normalized spacial score (nSPS) is 19.3. The number of rotatable bonds is 3. The average Bonchev–Trinajstić information content (AvgIpc) is 2.95. The average molecular weight is 255 g/mol. The number of methoxy groups -OCH3 is 1. The molecule has 1 unspecified atom stereocenters. The van der Waals surface area contributed by atoms with Crippen molar-refractivity contribution in [3.63, 3.8) is 0 Å². The van der Waals surface area contributed by atoms with Crippen LogP contribution >= 0.6 is 11.3 Å². The van der Waals surface area contributed by atoms with E-state index in [1.54, 1.807) is 0 Å². The van der Waals surface area contributed by atoms with Crippen LogP contribution in [0, 0.1) is 0 Å². The number of esters is 1. The fraction of sp³-hybridized carbons (Fsp3) is 0.545. The van der Waals surface area contributed by atoms with Crippen LogP contribution < -0.4 is 0 Å². The molecule has 1 atom stereocenters. The smallest absolute Gasteiger partial charge is 0.358 e. The van der Waals surface area contributed by atoms with Crippen molar-refractivity contribution >= 4 is 23.1 Å². The lowest BCUT2D eigenvalue weighted by atomic mass is 10.1. The monoisotopic (exact) mass is 255 g/mol. The van der Waals surface area contributed by atoms with Crippen LogP contribution in [0.4, 0.5) is 0 Å². The quantitative estimate of drug-likeness (QED) is 0.606. The lowest BCUT2D eigenvalue weighted by Crippen LogP contribution is -2.07. The molecule has 17 heavy (non-hydrogen) atoms. The summed E-state index contributed by atoms with van der Waals surface area (Å²) in [6, 6.07) is 0.